The zero-order valence-corrected chi connectivity index (χ0v) is 15.0. The Labute approximate surface area is 155 Å². The van der Waals surface area contributed by atoms with Gasteiger partial charge >= 0.3 is 0 Å². The average molecular weight is 341 g/mol. The van der Waals surface area contributed by atoms with Gasteiger partial charge in [-0.15, -0.1) is 0 Å². The summed E-state index contributed by atoms with van der Waals surface area (Å²) in [6.07, 6.45) is 0. The third kappa shape index (κ3) is 3.68. The van der Waals surface area contributed by atoms with Gasteiger partial charge in [0.1, 0.15) is 5.84 Å². The molecule has 1 heterocycles. The highest BCUT2D eigenvalue weighted by atomic mass is 15.4. The number of nitrogens with zero attached hydrogens (tertiary/aromatic N) is 3. The van der Waals surface area contributed by atoms with Crippen LogP contribution in [0.25, 0.3) is 0 Å². The van der Waals surface area contributed by atoms with Gasteiger partial charge in [0.25, 0.3) is 0 Å². The average Bonchev–Trinajstić information content (AvgIpc) is 2.69. The summed E-state index contributed by atoms with van der Waals surface area (Å²) in [4.78, 5) is 9.61. The molecule has 0 atom stereocenters. The van der Waals surface area contributed by atoms with Crippen LogP contribution < -0.4 is 4.90 Å². The number of aryl methyl sites for hydroxylation is 1. The van der Waals surface area contributed by atoms with Crippen LogP contribution in [0.3, 0.4) is 0 Å². The minimum absolute atomic E-state index is 0.710. The maximum absolute atomic E-state index is 4.93. The number of rotatable bonds is 4. The van der Waals surface area contributed by atoms with Crippen LogP contribution in [0.1, 0.15) is 16.7 Å². The molecule has 0 fully saturated rings. The molecule has 0 amide bonds. The molecule has 1 aliphatic heterocycles. The van der Waals surface area contributed by atoms with E-state index in [1.165, 1.54) is 16.8 Å². The first-order valence-corrected chi connectivity index (χ1v) is 9.00. The molecule has 1 aliphatic rings. The lowest BCUT2D eigenvalue weighted by molar-refractivity contribution is 0.273. The molecule has 0 aromatic heterocycles. The van der Waals surface area contributed by atoms with E-state index in [1.54, 1.807) is 0 Å². The fourth-order valence-electron chi connectivity index (χ4n) is 3.34. The van der Waals surface area contributed by atoms with Crippen molar-refractivity contribution < 1.29 is 0 Å². The summed E-state index contributed by atoms with van der Waals surface area (Å²) < 4.78 is 0. The molecule has 0 saturated carbocycles. The quantitative estimate of drug-likeness (QED) is 0.686. The van der Waals surface area contributed by atoms with E-state index >= 15 is 0 Å². The van der Waals surface area contributed by atoms with Gasteiger partial charge in [0.05, 0.1) is 13.3 Å². The topological polar surface area (TPSA) is 18.8 Å². The summed E-state index contributed by atoms with van der Waals surface area (Å²) in [6.45, 7) is 4.57. The Morgan fingerprint density at radius 1 is 0.846 bits per heavy atom. The molecule has 0 bridgehead atoms. The molecule has 3 heteroatoms. The Morgan fingerprint density at radius 2 is 1.58 bits per heavy atom. The van der Waals surface area contributed by atoms with Gasteiger partial charge in [-0.2, -0.15) is 0 Å². The van der Waals surface area contributed by atoms with Crippen LogP contribution in [0.5, 0.6) is 0 Å². The highest BCUT2D eigenvalue weighted by Gasteiger charge is 2.23. The predicted octanol–water partition coefficient (Wildman–Crippen LogP) is 4.68. The molecule has 3 nitrogen and oxygen atoms in total. The van der Waals surface area contributed by atoms with Crippen LogP contribution >= 0.6 is 0 Å². The van der Waals surface area contributed by atoms with E-state index in [-0.39, 0.29) is 0 Å². The summed E-state index contributed by atoms with van der Waals surface area (Å²) in [7, 11) is 0. The van der Waals surface area contributed by atoms with Crippen molar-refractivity contribution in [3.05, 3.63) is 102 Å². The molecule has 26 heavy (non-hydrogen) atoms. The summed E-state index contributed by atoms with van der Waals surface area (Å²) in [5.41, 5.74) is 4.92. The fourth-order valence-corrected chi connectivity index (χ4v) is 3.34. The number of anilines is 1. The first-order valence-electron chi connectivity index (χ1n) is 9.00. The highest BCUT2D eigenvalue weighted by molar-refractivity contribution is 6.10. The predicted molar refractivity (Wildman–Crippen MR) is 108 cm³/mol. The zero-order chi connectivity index (χ0) is 17.8. The van der Waals surface area contributed by atoms with E-state index in [0.717, 1.165) is 24.6 Å². The Kier molecular flexibility index (Phi) is 4.80. The molecule has 0 spiro atoms. The van der Waals surface area contributed by atoms with E-state index in [0.29, 0.717) is 6.67 Å². The second-order valence-electron chi connectivity index (χ2n) is 6.71. The summed E-state index contributed by atoms with van der Waals surface area (Å²) in [5, 5.41) is 0. The van der Waals surface area contributed by atoms with Gasteiger partial charge in [-0.05, 0) is 30.2 Å². The third-order valence-corrected chi connectivity index (χ3v) is 4.61. The SMILES string of the molecule is Cc1cccc(N2CN(Cc3ccccc3)CN=C2c2ccccc2)c1. The summed E-state index contributed by atoms with van der Waals surface area (Å²) in [6, 6.07) is 29.7. The van der Waals surface area contributed by atoms with Crippen molar-refractivity contribution in [3.63, 3.8) is 0 Å². The van der Waals surface area contributed by atoms with Crippen molar-refractivity contribution in [2.45, 2.75) is 13.5 Å². The lowest BCUT2D eigenvalue weighted by atomic mass is 10.1. The van der Waals surface area contributed by atoms with Gasteiger partial charge in [-0.3, -0.25) is 9.89 Å². The fraction of sp³-hybridized carbons (Fsp3) is 0.174. The van der Waals surface area contributed by atoms with Gasteiger partial charge < -0.3 is 4.90 Å². The molecule has 3 aromatic carbocycles. The third-order valence-electron chi connectivity index (χ3n) is 4.61. The number of amidine groups is 1. The lowest BCUT2D eigenvalue weighted by Gasteiger charge is -2.36. The van der Waals surface area contributed by atoms with Crippen LogP contribution in [0.15, 0.2) is 89.9 Å². The van der Waals surface area contributed by atoms with Crippen LogP contribution in [-0.4, -0.2) is 24.1 Å². The van der Waals surface area contributed by atoms with E-state index in [1.807, 2.05) is 6.07 Å². The van der Waals surface area contributed by atoms with Gasteiger partial charge in [-0.1, -0.05) is 72.8 Å². The van der Waals surface area contributed by atoms with E-state index in [9.17, 15) is 0 Å². The van der Waals surface area contributed by atoms with Crippen molar-refractivity contribution in [3.8, 4) is 0 Å². The largest absolute Gasteiger partial charge is 0.313 e. The number of benzene rings is 3. The van der Waals surface area contributed by atoms with Gasteiger partial charge in [0, 0.05) is 17.8 Å². The molecule has 3 aromatic rings. The monoisotopic (exact) mass is 341 g/mol. The van der Waals surface area contributed by atoms with Gasteiger partial charge in [0.2, 0.25) is 0 Å². The number of hydrogen-bond acceptors (Lipinski definition) is 3. The Hall–Kier alpha value is -2.91. The number of aliphatic imine (C=N–C) groups is 1. The van der Waals surface area contributed by atoms with Crippen molar-refractivity contribution in [2.24, 2.45) is 4.99 Å². The van der Waals surface area contributed by atoms with Crippen LogP contribution in [0, 0.1) is 6.92 Å². The lowest BCUT2D eigenvalue weighted by Crippen LogP contribution is -2.46. The molecule has 4 rings (SSSR count). The molecule has 0 aliphatic carbocycles. The minimum Gasteiger partial charge on any atom is -0.313 e. The maximum Gasteiger partial charge on any atom is 0.137 e. The summed E-state index contributed by atoms with van der Waals surface area (Å²) in [5.74, 6) is 1.04. The zero-order valence-electron chi connectivity index (χ0n) is 15.0. The van der Waals surface area contributed by atoms with Crippen LogP contribution in [-0.2, 0) is 6.54 Å². The molecule has 130 valence electrons. The Morgan fingerprint density at radius 3 is 2.31 bits per heavy atom. The van der Waals surface area contributed by atoms with Crippen LogP contribution in [0.2, 0.25) is 0 Å². The van der Waals surface area contributed by atoms with E-state index in [2.05, 4.69) is 95.6 Å². The maximum atomic E-state index is 4.93. The standard InChI is InChI=1S/C23H23N3/c1-19-9-8-14-22(15-19)26-18-25(16-20-10-4-2-5-11-20)17-24-23(26)21-12-6-3-7-13-21/h2-15H,16-18H2,1H3. The second kappa shape index (κ2) is 7.54. The molecular formula is C23H23N3. The second-order valence-corrected chi connectivity index (χ2v) is 6.71. The highest BCUT2D eigenvalue weighted by Crippen LogP contribution is 2.23. The van der Waals surface area contributed by atoms with Crippen molar-refractivity contribution >= 4 is 11.5 Å². The van der Waals surface area contributed by atoms with Crippen molar-refractivity contribution in [1.29, 1.82) is 0 Å². The van der Waals surface area contributed by atoms with Gasteiger partial charge in [0.15, 0.2) is 0 Å². The normalized spacial score (nSPS) is 15.0. The molecule has 0 N–H and O–H groups in total. The Balaban J connectivity index is 1.66. The molecule has 0 saturated heterocycles. The summed E-state index contributed by atoms with van der Waals surface area (Å²) >= 11 is 0. The van der Waals surface area contributed by atoms with Crippen LogP contribution in [0.4, 0.5) is 5.69 Å². The van der Waals surface area contributed by atoms with E-state index < -0.39 is 0 Å². The molecule has 0 unspecified atom stereocenters. The number of hydrogen-bond donors (Lipinski definition) is 0. The first-order chi connectivity index (χ1) is 12.8. The van der Waals surface area contributed by atoms with Crippen molar-refractivity contribution in [1.82, 2.24) is 4.90 Å². The van der Waals surface area contributed by atoms with Gasteiger partial charge in [-0.25, -0.2) is 0 Å². The minimum atomic E-state index is 0.710. The molecular weight excluding hydrogens is 318 g/mol. The first kappa shape index (κ1) is 16.6. The Bertz CT molecular complexity index is 888. The smallest absolute Gasteiger partial charge is 0.137 e. The van der Waals surface area contributed by atoms with E-state index in [4.69, 9.17) is 4.99 Å². The van der Waals surface area contributed by atoms with Crippen molar-refractivity contribution in [2.75, 3.05) is 18.2 Å². The molecule has 0 radical (unpaired) electrons.